The number of carbonyl (C=O) groups excluding carboxylic acids is 3. The van der Waals surface area contributed by atoms with E-state index in [2.05, 4.69) is 10.1 Å². The number of carbonyl (C=O) groups is 3. The molecule has 21 heavy (non-hydrogen) atoms. The van der Waals surface area contributed by atoms with Crippen LogP contribution >= 0.6 is 11.3 Å². The van der Waals surface area contributed by atoms with Crippen LogP contribution in [0.3, 0.4) is 0 Å². The Morgan fingerprint density at radius 1 is 1.33 bits per heavy atom. The third-order valence-corrected chi connectivity index (χ3v) is 3.43. The zero-order valence-electron chi connectivity index (χ0n) is 12.3. The fraction of sp³-hybridized carbons (Fsp3) is 0.500. The number of esters is 2. The molecule has 0 saturated heterocycles. The van der Waals surface area contributed by atoms with Crippen LogP contribution < -0.4 is 5.32 Å². The molecule has 1 heterocycles. The summed E-state index contributed by atoms with van der Waals surface area (Å²) in [5.74, 6) is -1.39. The number of ether oxygens (including phenoxy) is 2. The van der Waals surface area contributed by atoms with Crippen molar-refractivity contribution in [2.24, 2.45) is 5.92 Å². The number of thiophene rings is 1. The van der Waals surface area contributed by atoms with Crippen LogP contribution in [0.4, 0.5) is 0 Å². The third-order valence-electron chi connectivity index (χ3n) is 2.58. The highest BCUT2D eigenvalue weighted by Gasteiger charge is 2.23. The Balaban J connectivity index is 2.46. The topological polar surface area (TPSA) is 81.7 Å². The Bertz CT molecular complexity index is 484. The normalized spacial score (nSPS) is 11.8. The Kier molecular flexibility index (Phi) is 6.87. The first-order valence-corrected chi connectivity index (χ1v) is 7.39. The van der Waals surface area contributed by atoms with E-state index >= 15 is 0 Å². The first-order chi connectivity index (χ1) is 9.93. The SMILES string of the molecule is COC(=O)[C@@H](CC(C)C)NC(=O)COC(=O)c1cccs1. The molecule has 0 bridgehead atoms. The Labute approximate surface area is 127 Å². The summed E-state index contributed by atoms with van der Waals surface area (Å²) in [5.41, 5.74) is 0. The summed E-state index contributed by atoms with van der Waals surface area (Å²) in [4.78, 5) is 35.3. The van der Waals surface area contributed by atoms with E-state index in [1.807, 2.05) is 13.8 Å². The minimum atomic E-state index is -0.733. The molecule has 0 saturated carbocycles. The van der Waals surface area contributed by atoms with Gasteiger partial charge in [0, 0.05) is 0 Å². The summed E-state index contributed by atoms with van der Waals surface area (Å²) < 4.78 is 9.51. The molecule has 0 unspecified atom stereocenters. The van der Waals surface area contributed by atoms with Crippen molar-refractivity contribution in [1.29, 1.82) is 0 Å². The fourth-order valence-electron chi connectivity index (χ4n) is 1.66. The molecule has 1 N–H and O–H groups in total. The summed E-state index contributed by atoms with van der Waals surface area (Å²) in [6.45, 7) is 3.43. The van der Waals surface area contributed by atoms with Gasteiger partial charge in [0.25, 0.3) is 5.91 Å². The average Bonchev–Trinajstić information content (AvgIpc) is 2.96. The zero-order chi connectivity index (χ0) is 15.8. The summed E-state index contributed by atoms with van der Waals surface area (Å²) in [6.07, 6.45) is 0.456. The maximum Gasteiger partial charge on any atom is 0.348 e. The second-order valence-electron chi connectivity index (χ2n) is 4.83. The van der Waals surface area contributed by atoms with E-state index < -0.39 is 30.5 Å². The lowest BCUT2D eigenvalue weighted by Gasteiger charge is -2.18. The fourth-order valence-corrected chi connectivity index (χ4v) is 2.28. The maximum atomic E-state index is 11.7. The van der Waals surface area contributed by atoms with Crippen molar-refractivity contribution in [3.05, 3.63) is 22.4 Å². The van der Waals surface area contributed by atoms with Crippen LogP contribution in [0, 0.1) is 5.92 Å². The first kappa shape index (κ1) is 17.2. The molecule has 1 aromatic heterocycles. The molecular weight excluding hydrogens is 294 g/mol. The van der Waals surface area contributed by atoms with Crippen molar-refractivity contribution in [2.75, 3.05) is 13.7 Å². The second kappa shape index (κ2) is 8.41. The van der Waals surface area contributed by atoms with Crippen LogP contribution in [0.15, 0.2) is 17.5 Å². The number of nitrogens with one attached hydrogen (secondary N) is 1. The van der Waals surface area contributed by atoms with Gasteiger partial charge in [-0.2, -0.15) is 0 Å². The van der Waals surface area contributed by atoms with E-state index in [1.165, 1.54) is 18.4 Å². The Morgan fingerprint density at radius 3 is 2.57 bits per heavy atom. The van der Waals surface area contributed by atoms with E-state index in [9.17, 15) is 14.4 Å². The van der Waals surface area contributed by atoms with Crippen molar-refractivity contribution in [1.82, 2.24) is 5.32 Å². The molecule has 1 atom stereocenters. The summed E-state index contributed by atoms with van der Waals surface area (Å²) in [6, 6.07) is 2.60. The number of hydrogen-bond acceptors (Lipinski definition) is 6. The molecule has 0 radical (unpaired) electrons. The van der Waals surface area contributed by atoms with Gasteiger partial charge in [-0.3, -0.25) is 4.79 Å². The van der Waals surface area contributed by atoms with Crippen molar-refractivity contribution < 1.29 is 23.9 Å². The molecule has 1 rings (SSSR count). The third kappa shape index (κ3) is 5.95. The molecule has 0 fully saturated rings. The molecule has 0 aliphatic carbocycles. The number of hydrogen-bond donors (Lipinski definition) is 1. The molecule has 0 aliphatic heterocycles. The molecule has 7 heteroatoms. The van der Waals surface area contributed by atoms with Gasteiger partial charge < -0.3 is 14.8 Å². The van der Waals surface area contributed by atoms with Gasteiger partial charge in [-0.15, -0.1) is 11.3 Å². The summed E-state index contributed by atoms with van der Waals surface area (Å²) in [7, 11) is 1.26. The Hall–Kier alpha value is -1.89. The van der Waals surface area contributed by atoms with E-state index in [0.29, 0.717) is 11.3 Å². The summed E-state index contributed by atoms with van der Waals surface area (Å²) >= 11 is 1.23. The van der Waals surface area contributed by atoms with Crippen LogP contribution in [-0.2, 0) is 19.1 Å². The number of methoxy groups -OCH3 is 1. The van der Waals surface area contributed by atoms with Crippen LogP contribution in [0.1, 0.15) is 29.9 Å². The van der Waals surface area contributed by atoms with E-state index in [1.54, 1.807) is 17.5 Å². The number of amides is 1. The second-order valence-corrected chi connectivity index (χ2v) is 5.77. The monoisotopic (exact) mass is 313 g/mol. The van der Waals surface area contributed by atoms with Crippen LogP contribution in [-0.4, -0.2) is 37.6 Å². The molecular formula is C14H19NO5S. The van der Waals surface area contributed by atoms with Gasteiger partial charge in [0.15, 0.2) is 6.61 Å². The molecule has 1 aromatic rings. The van der Waals surface area contributed by atoms with Gasteiger partial charge in [0.1, 0.15) is 10.9 Å². The van der Waals surface area contributed by atoms with Gasteiger partial charge in [0.05, 0.1) is 7.11 Å². The molecule has 0 aliphatic rings. The standard InChI is InChI=1S/C14H19NO5S/c1-9(2)7-10(13(17)19-3)15-12(16)8-20-14(18)11-5-4-6-21-11/h4-6,9-10H,7-8H2,1-3H3,(H,15,16)/t10-/m1/s1. The van der Waals surface area contributed by atoms with E-state index in [0.717, 1.165) is 0 Å². The highest BCUT2D eigenvalue weighted by molar-refractivity contribution is 7.11. The predicted octanol–water partition coefficient (Wildman–Crippen LogP) is 1.61. The lowest BCUT2D eigenvalue weighted by molar-refractivity contribution is -0.145. The lowest BCUT2D eigenvalue weighted by atomic mass is 10.0. The first-order valence-electron chi connectivity index (χ1n) is 6.51. The molecule has 116 valence electrons. The maximum absolute atomic E-state index is 11.7. The van der Waals surface area contributed by atoms with Gasteiger partial charge in [0.2, 0.25) is 0 Å². The lowest BCUT2D eigenvalue weighted by Crippen LogP contribution is -2.44. The van der Waals surface area contributed by atoms with Crippen molar-refractivity contribution in [3.63, 3.8) is 0 Å². The molecule has 6 nitrogen and oxygen atoms in total. The van der Waals surface area contributed by atoms with Gasteiger partial charge >= 0.3 is 11.9 Å². The largest absolute Gasteiger partial charge is 0.467 e. The number of rotatable bonds is 7. The van der Waals surface area contributed by atoms with Crippen molar-refractivity contribution in [3.8, 4) is 0 Å². The smallest absolute Gasteiger partial charge is 0.348 e. The average molecular weight is 313 g/mol. The summed E-state index contributed by atoms with van der Waals surface area (Å²) in [5, 5.41) is 4.26. The highest BCUT2D eigenvalue weighted by Crippen LogP contribution is 2.10. The zero-order valence-corrected chi connectivity index (χ0v) is 13.1. The molecule has 1 amide bonds. The minimum Gasteiger partial charge on any atom is -0.467 e. The van der Waals surface area contributed by atoms with Crippen LogP contribution in [0.2, 0.25) is 0 Å². The Morgan fingerprint density at radius 2 is 2.05 bits per heavy atom. The van der Waals surface area contributed by atoms with Gasteiger partial charge in [-0.05, 0) is 23.8 Å². The predicted molar refractivity (Wildman–Crippen MR) is 78.0 cm³/mol. The minimum absolute atomic E-state index is 0.211. The van der Waals surface area contributed by atoms with E-state index in [4.69, 9.17) is 4.74 Å². The van der Waals surface area contributed by atoms with E-state index in [-0.39, 0.29) is 5.92 Å². The highest BCUT2D eigenvalue weighted by atomic mass is 32.1. The van der Waals surface area contributed by atoms with Gasteiger partial charge in [-0.25, -0.2) is 9.59 Å². The van der Waals surface area contributed by atoms with Gasteiger partial charge in [-0.1, -0.05) is 19.9 Å². The van der Waals surface area contributed by atoms with Crippen LogP contribution in [0.5, 0.6) is 0 Å². The van der Waals surface area contributed by atoms with Crippen molar-refractivity contribution in [2.45, 2.75) is 26.3 Å². The molecule has 0 spiro atoms. The van der Waals surface area contributed by atoms with Crippen molar-refractivity contribution >= 4 is 29.2 Å². The quantitative estimate of drug-likeness (QED) is 0.773. The molecule has 0 aromatic carbocycles. The van der Waals surface area contributed by atoms with Crippen LogP contribution in [0.25, 0.3) is 0 Å².